The third-order valence-electron chi connectivity index (χ3n) is 4.84. The molecule has 0 spiro atoms. The van der Waals surface area contributed by atoms with E-state index < -0.39 is 0 Å². The van der Waals surface area contributed by atoms with Crippen molar-refractivity contribution in [2.24, 2.45) is 14.1 Å². The molecule has 0 radical (unpaired) electrons. The summed E-state index contributed by atoms with van der Waals surface area (Å²) in [7, 11) is 3.18. The fourth-order valence-corrected chi connectivity index (χ4v) is 3.55. The van der Waals surface area contributed by atoms with E-state index in [2.05, 4.69) is 0 Å². The lowest BCUT2D eigenvalue weighted by atomic mass is 10.1. The van der Waals surface area contributed by atoms with E-state index in [4.69, 9.17) is 11.6 Å². The van der Waals surface area contributed by atoms with E-state index in [0.717, 1.165) is 27.1 Å². The predicted octanol–water partition coefficient (Wildman–Crippen LogP) is 3.66. The first-order valence-corrected chi connectivity index (χ1v) is 8.90. The number of benzene rings is 2. The molecule has 2 aromatic heterocycles. The molecule has 4 aromatic rings. The number of nitrogens with zero attached hydrogens (tertiary/aromatic N) is 3. The molecule has 2 aromatic carbocycles. The Morgan fingerprint density at radius 2 is 1.63 bits per heavy atom. The summed E-state index contributed by atoms with van der Waals surface area (Å²) in [6.45, 7) is 2.01. The number of aromatic nitrogens is 3. The van der Waals surface area contributed by atoms with Crippen LogP contribution in [-0.4, -0.2) is 13.7 Å². The highest BCUT2D eigenvalue weighted by atomic mass is 35.5. The Hall–Kier alpha value is -3.05. The van der Waals surface area contributed by atoms with Gasteiger partial charge in [-0.3, -0.25) is 13.9 Å². The maximum Gasteiger partial charge on any atom is 0.330 e. The van der Waals surface area contributed by atoms with E-state index in [-0.39, 0.29) is 11.2 Å². The summed E-state index contributed by atoms with van der Waals surface area (Å²) in [5, 5.41) is 1.15. The summed E-state index contributed by atoms with van der Waals surface area (Å²) >= 11 is 6.04. The molecular weight excluding hydrogens is 362 g/mol. The molecular formula is C21H18ClN3O2. The van der Waals surface area contributed by atoms with Crippen LogP contribution < -0.4 is 11.2 Å². The van der Waals surface area contributed by atoms with Crippen LogP contribution >= 0.6 is 11.6 Å². The monoisotopic (exact) mass is 379 g/mol. The topological polar surface area (TPSA) is 48.9 Å². The Balaban J connectivity index is 2.21. The van der Waals surface area contributed by atoms with Crippen LogP contribution in [0.15, 0.2) is 64.3 Å². The van der Waals surface area contributed by atoms with Gasteiger partial charge in [0.05, 0.1) is 16.6 Å². The number of hydrogen-bond donors (Lipinski definition) is 0. The van der Waals surface area contributed by atoms with Crippen molar-refractivity contribution in [3.8, 4) is 16.9 Å². The van der Waals surface area contributed by atoms with Crippen molar-refractivity contribution in [2.75, 3.05) is 0 Å². The van der Waals surface area contributed by atoms with Crippen molar-refractivity contribution in [3.63, 3.8) is 0 Å². The van der Waals surface area contributed by atoms with E-state index >= 15 is 0 Å². The average Bonchev–Trinajstić information content (AvgIpc) is 3.06. The van der Waals surface area contributed by atoms with Gasteiger partial charge in [0, 0.05) is 31.0 Å². The van der Waals surface area contributed by atoms with Crippen molar-refractivity contribution < 1.29 is 0 Å². The highest BCUT2D eigenvalue weighted by Gasteiger charge is 2.20. The van der Waals surface area contributed by atoms with Gasteiger partial charge in [0.25, 0.3) is 5.56 Å². The molecule has 27 heavy (non-hydrogen) atoms. The Morgan fingerprint density at radius 3 is 2.30 bits per heavy atom. The molecule has 0 aliphatic heterocycles. The highest BCUT2D eigenvalue weighted by Crippen LogP contribution is 2.31. The first-order valence-electron chi connectivity index (χ1n) is 8.52. The minimum atomic E-state index is -0.350. The molecule has 0 aliphatic rings. The fraction of sp³-hybridized carbons (Fsp3) is 0.143. The SMILES string of the molecule is Cc1cccc(-c2c3c(=O)n(C)c(=O)n(C)c3cn2-c2ccc(Cl)cc2)c1. The molecule has 136 valence electrons. The normalized spacial score (nSPS) is 11.3. The molecule has 6 heteroatoms. The Labute approximate surface area is 160 Å². The van der Waals surface area contributed by atoms with Gasteiger partial charge in [-0.05, 0) is 42.8 Å². The highest BCUT2D eigenvalue weighted by molar-refractivity contribution is 6.30. The van der Waals surface area contributed by atoms with Crippen LogP contribution in [0.5, 0.6) is 0 Å². The second-order valence-corrected chi connectivity index (χ2v) is 7.10. The summed E-state index contributed by atoms with van der Waals surface area (Å²) in [6, 6.07) is 15.4. The number of halogens is 1. The fourth-order valence-electron chi connectivity index (χ4n) is 3.42. The second-order valence-electron chi connectivity index (χ2n) is 6.66. The third-order valence-corrected chi connectivity index (χ3v) is 5.09. The molecule has 0 atom stereocenters. The van der Waals surface area contributed by atoms with Crippen LogP contribution in [0.3, 0.4) is 0 Å². The molecule has 5 nitrogen and oxygen atoms in total. The third kappa shape index (κ3) is 2.71. The van der Waals surface area contributed by atoms with Crippen molar-refractivity contribution >= 4 is 22.5 Å². The van der Waals surface area contributed by atoms with Gasteiger partial charge in [-0.25, -0.2) is 4.79 Å². The van der Waals surface area contributed by atoms with Gasteiger partial charge in [0.2, 0.25) is 0 Å². The van der Waals surface area contributed by atoms with E-state index in [0.29, 0.717) is 15.9 Å². The van der Waals surface area contributed by atoms with Crippen LogP contribution in [0.2, 0.25) is 5.02 Å². The van der Waals surface area contributed by atoms with Gasteiger partial charge in [0.15, 0.2) is 0 Å². The lowest BCUT2D eigenvalue weighted by molar-refractivity contribution is 0.714. The molecule has 0 amide bonds. The Kier molecular flexibility index (Phi) is 4.04. The summed E-state index contributed by atoms with van der Waals surface area (Å²) in [4.78, 5) is 25.4. The largest absolute Gasteiger partial charge is 0.330 e. The minimum absolute atomic E-state index is 0.308. The van der Waals surface area contributed by atoms with Gasteiger partial charge >= 0.3 is 5.69 Å². The molecule has 0 saturated carbocycles. The van der Waals surface area contributed by atoms with E-state index in [1.165, 1.54) is 11.6 Å². The molecule has 0 saturated heterocycles. The maximum absolute atomic E-state index is 13.0. The second kappa shape index (κ2) is 6.28. The number of rotatable bonds is 2. The summed E-state index contributed by atoms with van der Waals surface area (Å²) in [6.07, 6.45) is 1.83. The van der Waals surface area contributed by atoms with E-state index in [1.807, 2.05) is 54.1 Å². The maximum atomic E-state index is 13.0. The number of hydrogen-bond acceptors (Lipinski definition) is 2. The van der Waals surface area contributed by atoms with E-state index in [1.54, 1.807) is 19.2 Å². The zero-order valence-corrected chi connectivity index (χ0v) is 16.0. The molecule has 4 rings (SSSR count). The smallest absolute Gasteiger partial charge is 0.314 e. The van der Waals surface area contributed by atoms with Gasteiger partial charge in [0.1, 0.15) is 0 Å². The van der Waals surface area contributed by atoms with Crippen LogP contribution in [0, 0.1) is 6.92 Å². The predicted molar refractivity (Wildman–Crippen MR) is 109 cm³/mol. The lowest BCUT2D eigenvalue weighted by Gasteiger charge is -2.11. The van der Waals surface area contributed by atoms with Crippen molar-refractivity contribution in [1.82, 2.24) is 13.7 Å². The summed E-state index contributed by atoms with van der Waals surface area (Å²) in [5.74, 6) is 0. The zero-order chi connectivity index (χ0) is 19.3. The van der Waals surface area contributed by atoms with Gasteiger partial charge in [-0.1, -0.05) is 35.4 Å². The summed E-state index contributed by atoms with van der Waals surface area (Å²) in [5.41, 5.74) is 3.55. The number of fused-ring (bicyclic) bond motifs is 1. The van der Waals surface area contributed by atoms with Gasteiger partial charge in [-0.2, -0.15) is 0 Å². The van der Waals surface area contributed by atoms with Crippen molar-refractivity contribution in [3.05, 3.63) is 86.2 Å². The van der Waals surface area contributed by atoms with Crippen LogP contribution in [0.25, 0.3) is 27.8 Å². The quantitative estimate of drug-likeness (QED) is 0.533. The standard InChI is InChI=1S/C21H18ClN3O2/c1-13-5-4-6-14(11-13)19-18-17(23(2)21(27)24(3)20(18)26)12-25(19)16-9-7-15(22)8-10-16/h4-12H,1-3H3. The molecule has 0 bridgehead atoms. The minimum Gasteiger partial charge on any atom is -0.314 e. The molecule has 0 aliphatic carbocycles. The van der Waals surface area contributed by atoms with E-state index in [9.17, 15) is 9.59 Å². The molecule has 0 N–H and O–H groups in total. The Bertz CT molecular complexity index is 1290. The van der Waals surface area contributed by atoms with Crippen molar-refractivity contribution in [1.29, 1.82) is 0 Å². The molecule has 0 fully saturated rings. The first kappa shape index (κ1) is 17.4. The molecule has 0 unspecified atom stereocenters. The van der Waals surface area contributed by atoms with Gasteiger partial charge in [-0.15, -0.1) is 0 Å². The van der Waals surface area contributed by atoms with Crippen LogP contribution in [-0.2, 0) is 14.1 Å². The Morgan fingerprint density at radius 1 is 0.926 bits per heavy atom. The number of aryl methyl sites for hydroxylation is 2. The average molecular weight is 380 g/mol. The van der Waals surface area contributed by atoms with Crippen LogP contribution in [0.1, 0.15) is 5.56 Å². The van der Waals surface area contributed by atoms with Gasteiger partial charge < -0.3 is 4.57 Å². The zero-order valence-electron chi connectivity index (χ0n) is 15.2. The lowest BCUT2D eigenvalue weighted by Crippen LogP contribution is -2.36. The molecule has 2 heterocycles. The van der Waals surface area contributed by atoms with Crippen LogP contribution in [0.4, 0.5) is 0 Å². The summed E-state index contributed by atoms with van der Waals surface area (Å²) < 4.78 is 4.59. The van der Waals surface area contributed by atoms with Crippen molar-refractivity contribution in [2.45, 2.75) is 6.92 Å². The first-order chi connectivity index (χ1) is 12.9.